The highest BCUT2D eigenvalue weighted by Crippen LogP contribution is 2.42. The first-order chi connectivity index (χ1) is 16.7. The number of hydrogen-bond donors (Lipinski definition) is 6. The molecule has 20 heteroatoms. The maximum absolute atomic E-state index is 13.7. The topological polar surface area (TPSA) is 221 Å². The number of hydrogen-bond acceptors (Lipinski definition) is 12. The monoisotopic (exact) mass is 598 g/mol. The van der Waals surface area contributed by atoms with Crippen LogP contribution in [0.3, 0.4) is 0 Å². The van der Waals surface area contributed by atoms with Crippen LogP contribution in [0.2, 0.25) is 0 Å². The van der Waals surface area contributed by atoms with Crippen molar-refractivity contribution in [3.63, 3.8) is 0 Å². The predicted molar refractivity (Wildman–Crippen MR) is 124 cm³/mol. The zero-order chi connectivity index (χ0) is 27.0. The summed E-state index contributed by atoms with van der Waals surface area (Å²) in [6.45, 7) is -1.57. The van der Waals surface area contributed by atoms with Crippen LogP contribution in [0.15, 0.2) is 34.1 Å². The van der Waals surface area contributed by atoms with Crippen molar-refractivity contribution in [1.82, 2.24) is 19.1 Å². The normalized spacial score (nSPS) is 28.9. The zero-order valence-electron chi connectivity index (χ0n) is 18.9. The van der Waals surface area contributed by atoms with Crippen LogP contribution in [0.25, 0.3) is 0 Å². The molecule has 6 atom stereocenters. The lowest BCUT2D eigenvalue weighted by Gasteiger charge is -2.20. The van der Waals surface area contributed by atoms with E-state index in [2.05, 4.69) is 9.97 Å². The molecule has 2 aliphatic rings. The molecule has 2 saturated heterocycles. The van der Waals surface area contributed by atoms with E-state index < -0.39 is 73.3 Å². The second kappa shape index (κ2) is 12.5. The van der Waals surface area contributed by atoms with Gasteiger partial charge in [0.2, 0.25) is 12.5 Å². The van der Waals surface area contributed by atoms with Crippen molar-refractivity contribution in [1.29, 1.82) is 0 Å². The third kappa shape index (κ3) is 6.18. The Kier molecular flexibility index (Phi) is 11.0. The molecule has 0 spiro atoms. The van der Waals surface area contributed by atoms with Gasteiger partial charge in [-0.3, -0.25) is 9.13 Å². The molecule has 216 valence electrons. The van der Waals surface area contributed by atoms with E-state index in [4.69, 9.17) is 31.2 Å². The first kappa shape index (κ1) is 33.4. The lowest BCUT2D eigenvalue weighted by atomic mass is 10.1. The SMILES string of the molecule is Cl.Cl.Nc1ccn(C2O[C@H](CO)[C@@H](O)C2(F)F)c(=O)n1.Nc1ccn([C@@H]2O[C@H](CO)[C@@H](O)C2(F)F)c(=O)n1. The van der Waals surface area contributed by atoms with Gasteiger partial charge in [0.25, 0.3) is 0 Å². The van der Waals surface area contributed by atoms with E-state index in [1.54, 1.807) is 0 Å². The van der Waals surface area contributed by atoms with Crippen molar-refractivity contribution < 1.29 is 47.5 Å². The van der Waals surface area contributed by atoms with Gasteiger partial charge in [-0.25, -0.2) is 9.59 Å². The molecule has 2 aromatic rings. The minimum Gasteiger partial charge on any atom is -0.394 e. The molecule has 2 fully saturated rings. The van der Waals surface area contributed by atoms with E-state index in [1.807, 2.05) is 0 Å². The number of nitrogen functional groups attached to an aromatic ring is 2. The molecule has 8 N–H and O–H groups in total. The van der Waals surface area contributed by atoms with Gasteiger partial charge in [-0.1, -0.05) is 0 Å². The summed E-state index contributed by atoms with van der Waals surface area (Å²) in [5.41, 5.74) is 8.42. The van der Waals surface area contributed by atoms with Crippen molar-refractivity contribution in [2.45, 2.75) is 48.7 Å². The van der Waals surface area contributed by atoms with Crippen LogP contribution in [0, 0.1) is 0 Å². The molecule has 0 radical (unpaired) electrons. The van der Waals surface area contributed by atoms with Crippen LogP contribution >= 0.6 is 24.8 Å². The average Bonchev–Trinajstić information content (AvgIpc) is 3.17. The van der Waals surface area contributed by atoms with Crippen LogP contribution in [0.4, 0.5) is 29.2 Å². The molecule has 0 saturated carbocycles. The minimum atomic E-state index is -3.71. The zero-order valence-corrected chi connectivity index (χ0v) is 20.5. The maximum atomic E-state index is 13.7. The van der Waals surface area contributed by atoms with E-state index in [0.717, 1.165) is 24.5 Å². The third-order valence-corrected chi connectivity index (χ3v) is 5.33. The number of aromatic nitrogens is 4. The Bertz CT molecular complexity index is 1120. The Morgan fingerprint density at radius 2 is 1.11 bits per heavy atom. The lowest BCUT2D eigenvalue weighted by Crippen LogP contribution is -2.41. The van der Waals surface area contributed by atoms with Gasteiger partial charge in [-0.2, -0.15) is 27.5 Å². The minimum absolute atomic E-state index is 0. The van der Waals surface area contributed by atoms with Crippen molar-refractivity contribution in [3.8, 4) is 0 Å². The fourth-order valence-corrected chi connectivity index (χ4v) is 3.45. The van der Waals surface area contributed by atoms with Crippen molar-refractivity contribution in [2.75, 3.05) is 24.7 Å². The lowest BCUT2D eigenvalue weighted by molar-refractivity contribution is -0.141. The summed E-state index contributed by atoms with van der Waals surface area (Å²) in [6.07, 6.45) is -9.38. The number of halogens is 6. The van der Waals surface area contributed by atoms with Gasteiger partial charge < -0.3 is 41.4 Å². The summed E-state index contributed by atoms with van der Waals surface area (Å²) >= 11 is 0. The molecule has 2 aliphatic heterocycles. The number of aliphatic hydroxyl groups excluding tert-OH is 4. The Morgan fingerprint density at radius 3 is 1.34 bits per heavy atom. The molecule has 2 aromatic heterocycles. The van der Waals surface area contributed by atoms with Gasteiger partial charge in [0.1, 0.15) is 23.8 Å². The fourth-order valence-electron chi connectivity index (χ4n) is 3.45. The molecule has 4 rings (SSSR count). The molecule has 14 nitrogen and oxygen atoms in total. The molecule has 0 bridgehead atoms. The standard InChI is InChI=1S/2C9H11F2N3O4.2ClH/c2*10-9(11)6(16)4(3-15)18-7(9)14-2-1-5(12)13-8(14)17;;/h2*1-2,4,6-7,15-16H,3H2,(H2,12,13,17);2*1H/t4-,6-,7?;4-,6-,7-;;/m11../s1. The molecule has 0 amide bonds. The number of nitrogens with two attached hydrogens (primary N) is 2. The molecule has 0 aliphatic carbocycles. The second-order valence-electron chi connectivity index (χ2n) is 7.74. The second-order valence-corrected chi connectivity index (χ2v) is 7.74. The number of nitrogens with zero attached hydrogens (tertiary/aromatic N) is 4. The van der Waals surface area contributed by atoms with Gasteiger partial charge in [0.05, 0.1) is 13.2 Å². The first-order valence-corrected chi connectivity index (χ1v) is 10.1. The predicted octanol–water partition coefficient (Wildman–Crippen LogP) is -1.73. The Balaban J connectivity index is 0.000000361. The summed E-state index contributed by atoms with van der Waals surface area (Å²) in [7, 11) is 0. The average molecular weight is 599 g/mol. The van der Waals surface area contributed by atoms with E-state index >= 15 is 0 Å². The maximum Gasteiger partial charge on any atom is 0.351 e. The smallest absolute Gasteiger partial charge is 0.351 e. The Hall–Kier alpha value is -2.58. The van der Waals surface area contributed by atoms with Gasteiger partial charge in [0.15, 0.2) is 12.2 Å². The fraction of sp³-hybridized carbons (Fsp3) is 0.556. The number of alkyl halides is 4. The van der Waals surface area contributed by atoms with Crippen LogP contribution in [0.1, 0.15) is 12.5 Å². The van der Waals surface area contributed by atoms with E-state index in [0.29, 0.717) is 9.13 Å². The summed E-state index contributed by atoms with van der Waals surface area (Å²) in [5, 5.41) is 36.2. The summed E-state index contributed by atoms with van der Waals surface area (Å²) in [5.74, 6) is -7.65. The van der Waals surface area contributed by atoms with Crippen LogP contribution in [-0.4, -0.2) is 89.0 Å². The highest BCUT2D eigenvalue weighted by molar-refractivity contribution is 5.85. The highest BCUT2D eigenvalue weighted by atomic mass is 35.5. The van der Waals surface area contributed by atoms with E-state index in [-0.39, 0.29) is 36.4 Å². The number of rotatable bonds is 4. The number of anilines is 2. The Morgan fingerprint density at radius 1 is 0.789 bits per heavy atom. The van der Waals surface area contributed by atoms with Gasteiger partial charge in [0, 0.05) is 12.4 Å². The highest BCUT2D eigenvalue weighted by Gasteiger charge is 2.60. The molecule has 1 unspecified atom stereocenters. The van der Waals surface area contributed by atoms with Crippen LogP contribution in [-0.2, 0) is 9.47 Å². The van der Waals surface area contributed by atoms with Crippen molar-refractivity contribution >= 4 is 36.4 Å². The molecular weight excluding hydrogens is 575 g/mol. The number of aliphatic hydroxyl groups is 4. The van der Waals surface area contributed by atoms with Gasteiger partial charge in [-0.15, -0.1) is 24.8 Å². The number of ether oxygens (including phenoxy) is 2. The molecule has 0 aromatic carbocycles. The van der Waals surface area contributed by atoms with Crippen LogP contribution in [0.5, 0.6) is 0 Å². The van der Waals surface area contributed by atoms with Gasteiger partial charge in [-0.05, 0) is 12.1 Å². The molecular formula is C18H24Cl2F4N6O8. The summed E-state index contributed by atoms with van der Waals surface area (Å²) in [4.78, 5) is 29.4. The first-order valence-electron chi connectivity index (χ1n) is 10.1. The third-order valence-electron chi connectivity index (χ3n) is 5.33. The molecule has 4 heterocycles. The molecule has 38 heavy (non-hydrogen) atoms. The van der Waals surface area contributed by atoms with Crippen LogP contribution < -0.4 is 22.8 Å². The van der Waals surface area contributed by atoms with E-state index in [1.165, 1.54) is 0 Å². The summed E-state index contributed by atoms with van der Waals surface area (Å²) in [6, 6.07) is 2.30. The van der Waals surface area contributed by atoms with Crippen molar-refractivity contribution in [3.05, 3.63) is 45.5 Å². The summed E-state index contributed by atoms with van der Waals surface area (Å²) < 4.78 is 65.4. The van der Waals surface area contributed by atoms with Gasteiger partial charge >= 0.3 is 23.2 Å². The van der Waals surface area contributed by atoms with E-state index in [9.17, 15) is 37.4 Å². The quantitative estimate of drug-likeness (QED) is 0.216. The Labute approximate surface area is 222 Å². The largest absolute Gasteiger partial charge is 0.394 e. The van der Waals surface area contributed by atoms with Crippen molar-refractivity contribution in [2.24, 2.45) is 0 Å².